The molecule has 0 saturated heterocycles. The summed E-state index contributed by atoms with van der Waals surface area (Å²) in [5, 5.41) is 6.83. The molecule has 31 heavy (non-hydrogen) atoms. The first-order valence-electron chi connectivity index (χ1n) is 11.1. The van der Waals surface area contributed by atoms with Crippen molar-refractivity contribution >= 4 is 32.4 Å². The number of benzene rings is 4. The Kier molecular flexibility index (Phi) is 5.30. The summed E-state index contributed by atoms with van der Waals surface area (Å²) in [6, 6.07) is 25.9. The lowest BCUT2D eigenvalue weighted by Crippen LogP contribution is -2.02. The first kappa shape index (κ1) is 19.6. The van der Waals surface area contributed by atoms with Gasteiger partial charge in [-0.3, -0.25) is 4.98 Å². The molecule has 154 valence electrons. The molecule has 5 aromatic rings. The zero-order valence-corrected chi connectivity index (χ0v) is 18.2. The third-order valence-corrected chi connectivity index (χ3v) is 6.43. The van der Waals surface area contributed by atoms with E-state index in [1.807, 2.05) is 30.5 Å². The number of rotatable bonds is 1. The number of fused-ring (bicyclic) bond motifs is 6. The molecule has 0 fully saturated rings. The van der Waals surface area contributed by atoms with E-state index >= 15 is 0 Å². The smallest absolute Gasteiger partial charge is 0.121 e. The SMILES string of the molecule is COc1ccc2c(C)ccnc2c1.c1ccc2c(c1)ccc1c3c(ccc12)CCCC3. The predicted octanol–water partition coefficient (Wildman–Crippen LogP) is 7.42. The van der Waals surface area contributed by atoms with Crippen molar-refractivity contribution in [3.05, 3.63) is 95.7 Å². The van der Waals surface area contributed by atoms with Crippen LogP contribution in [-0.4, -0.2) is 12.1 Å². The summed E-state index contributed by atoms with van der Waals surface area (Å²) in [4.78, 5) is 4.27. The van der Waals surface area contributed by atoms with Crippen LogP contribution in [0.3, 0.4) is 0 Å². The van der Waals surface area contributed by atoms with Crippen molar-refractivity contribution in [2.45, 2.75) is 32.6 Å². The Hall–Kier alpha value is -3.39. The second-order valence-corrected chi connectivity index (χ2v) is 8.30. The molecule has 0 spiro atoms. The number of aromatic nitrogens is 1. The van der Waals surface area contributed by atoms with Gasteiger partial charge in [-0.05, 0) is 89.0 Å². The summed E-state index contributed by atoms with van der Waals surface area (Å²) >= 11 is 0. The van der Waals surface area contributed by atoms with Crippen molar-refractivity contribution in [2.75, 3.05) is 7.11 Å². The summed E-state index contributed by atoms with van der Waals surface area (Å²) in [6.45, 7) is 2.08. The number of methoxy groups -OCH3 is 1. The van der Waals surface area contributed by atoms with Crippen molar-refractivity contribution in [3.8, 4) is 5.75 Å². The Morgan fingerprint density at radius 2 is 1.55 bits per heavy atom. The lowest BCUT2D eigenvalue weighted by Gasteiger charge is -2.18. The Labute approximate surface area is 183 Å². The van der Waals surface area contributed by atoms with E-state index in [4.69, 9.17) is 4.74 Å². The average Bonchev–Trinajstić information content (AvgIpc) is 2.84. The van der Waals surface area contributed by atoms with E-state index in [1.54, 1.807) is 18.2 Å². The molecule has 0 amide bonds. The molecule has 1 heterocycles. The summed E-state index contributed by atoms with van der Waals surface area (Å²) < 4.78 is 5.12. The highest BCUT2D eigenvalue weighted by atomic mass is 16.5. The highest BCUT2D eigenvalue weighted by Gasteiger charge is 2.13. The first-order valence-corrected chi connectivity index (χ1v) is 11.1. The van der Waals surface area contributed by atoms with Crippen LogP contribution in [0.2, 0.25) is 0 Å². The Bertz CT molecular complexity index is 1390. The average molecular weight is 406 g/mol. The van der Waals surface area contributed by atoms with Gasteiger partial charge in [-0.15, -0.1) is 0 Å². The molecule has 1 aromatic heterocycles. The minimum absolute atomic E-state index is 0.852. The van der Waals surface area contributed by atoms with Gasteiger partial charge >= 0.3 is 0 Å². The van der Waals surface area contributed by atoms with Crippen LogP contribution in [0.4, 0.5) is 0 Å². The van der Waals surface area contributed by atoms with Gasteiger partial charge in [0.2, 0.25) is 0 Å². The molecule has 2 heteroatoms. The second-order valence-electron chi connectivity index (χ2n) is 8.30. The monoisotopic (exact) mass is 405 g/mol. The Morgan fingerprint density at radius 1 is 0.742 bits per heavy atom. The summed E-state index contributed by atoms with van der Waals surface area (Å²) in [5.74, 6) is 0.852. The van der Waals surface area contributed by atoms with Crippen molar-refractivity contribution in [3.63, 3.8) is 0 Å². The number of ether oxygens (including phenoxy) is 1. The molecule has 0 aliphatic heterocycles. The van der Waals surface area contributed by atoms with Crippen molar-refractivity contribution < 1.29 is 4.74 Å². The van der Waals surface area contributed by atoms with E-state index in [0.717, 1.165) is 11.3 Å². The fourth-order valence-electron chi connectivity index (χ4n) is 4.74. The molecule has 0 radical (unpaired) electrons. The molecule has 0 unspecified atom stereocenters. The number of nitrogens with zero attached hydrogens (tertiary/aromatic N) is 1. The van der Waals surface area contributed by atoms with Crippen LogP contribution in [0.5, 0.6) is 5.75 Å². The van der Waals surface area contributed by atoms with Gasteiger partial charge in [0.15, 0.2) is 0 Å². The minimum atomic E-state index is 0.852. The van der Waals surface area contributed by atoms with E-state index in [9.17, 15) is 0 Å². The fraction of sp³-hybridized carbons (Fsp3) is 0.207. The number of aryl methyl sites for hydroxylation is 3. The van der Waals surface area contributed by atoms with E-state index < -0.39 is 0 Å². The maximum atomic E-state index is 5.12. The molecule has 0 N–H and O–H groups in total. The number of hydrogen-bond donors (Lipinski definition) is 0. The molecule has 1 aliphatic carbocycles. The van der Waals surface area contributed by atoms with Gasteiger partial charge in [-0.2, -0.15) is 0 Å². The summed E-state index contributed by atoms with van der Waals surface area (Å²) in [7, 11) is 1.66. The largest absolute Gasteiger partial charge is 0.497 e. The zero-order chi connectivity index (χ0) is 21.2. The molecule has 0 saturated carbocycles. The van der Waals surface area contributed by atoms with Gasteiger partial charge in [0.05, 0.1) is 12.6 Å². The maximum Gasteiger partial charge on any atom is 0.121 e. The van der Waals surface area contributed by atoms with Gasteiger partial charge in [0, 0.05) is 17.6 Å². The van der Waals surface area contributed by atoms with Crippen LogP contribution in [0.25, 0.3) is 32.4 Å². The van der Waals surface area contributed by atoms with Gasteiger partial charge < -0.3 is 4.74 Å². The number of hydrogen-bond acceptors (Lipinski definition) is 2. The van der Waals surface area contributed by atoms with Crippen LogP contribution in [0.1, 0.15) is 29.5 Å². The van der Waals surface area contributed by atoms with Crippen molar-refractivity contribution in [2.24, 2.45) is 0 Å². The normalized spacial score (nSPS) is 13.0. The van der Waals surface area contributed by atoms with Gasteiger partial charge in [-0.1, -0.05) is 48.5 Å². The molecule has 0 atom stereocenters. The predicted molar refractivity (Wildman–Crippen MR) is 131 cm³/mol. The topological polar surface area (TPSA) is 22.1 Å². The molecular formula is C29H27NO. The lowest BCUT2D eigenvalue weighted by atomic mass is 9.86. The lowest BCUT2D eigenvalue weighted by molar-refractivity contribution is 0.415. The fourth-order valence-corrected chi connectivity index (χ4v) is 4.74. The van der Waals surface area contributed by atoms with Gasteiger partial charge in [-0.25, -0.2) is 0 Å². The van der Waals surface area contributed by atoms with E-state index in [0.29, 0.717) is 0 Å². The first-order chi connectivity index (χ1) is 15.2. The highest BCUT2D eigenvalue weighted by molar-refractivity contribution is 6.08. The molecule has 6 rings (SSSR count). The van der Waals surface area contributed by atoms with Crippen LogP contribution in [0, 0.1) is 6.92 Å². The molecule has 1 aliphatic rings. The summed E-state index contributed by atoms with van der Waals surface area (Å²) in [5.41, 5.74) is 5.40. The Morgan fingerprint density at radius 3 is 2.45 bits per heavy atom. The van der Waals surface area contributed by atoms with Crippen molar-refractivity contribution in [1.29, 1.82) is 0 Å². The minimum Gasteiger partial charge on any atom is -0.497 e. The Balaban J connectivity index is 0.000000140. The van der Waals surface area contributed by atoms with Crippen LogP contribution in [-0.2, 0) is 12.8 Å². The van der Waals surface area contributed by atoms with E-state index in [2.05, 4.69) is 60.4 Å². The van der Waals surface area contributed by atoms with Gasteiger partial charge in [0.25, 0.3) is 0 Å². The third kappa shape index (κ3) is 3.74. The van der Waals surface area contributed by atoms with Crippen LogP contribution < -0.4 is 4.74 Å². The van der Waals surface area contributed by atoms with Crippen LogP contribution in [0.15, 0.2) is 79.0 Å². The molecule has 0 bridgehead atoms. The van der Waals surface area contributed by atoms with Crippen LogP contribution >= 0.6 is 0 Å². The quantitative estimate of drug-likeness (QED) is 0.271. The van der Waals surface area contributed by atoms with Crippen molar-refractivity contribution in [1.82, 2.24) is 4.98 Å². The second kappa shape index (κ2) is 8.39. The summed E-state index contributed by atoms with van der Waals surface area (Å²) in [6.07, 6.45) is 7.03. The standard InChI is InChI=1S/C18H16.C11H11NO/c1-3-7-15-13(5-1)9-11-18-16-8-4-2-6-14(16)10-12-17(15)18;1-8-5-6-12-11-7-9(13-2)3-4-10(8)11/h1,3,5,7,9-12H,2,4,6,8H2;3-7H,1-2H3. The maximum absolute atomic E-state index is 5.12. The number of pyridine rings is 1. The van der Waals surface area contributed by atoms with E-state index in [-0.39, 0.29) is 0 Å². The van der Waals surface area contributed by atoms with E-state index in [1.165, 1.54) is 58.2 Å². The molecule has 4 aromatic carbocycles. The van der Waals surface area contributed by atoms with Gasteiger partial charge in [0.1, 0.15) is 5.75 Å². The molecule has 2 nitrogen and oxygen atoms in total. The zero-order valence-electron chi connectivity index (χ0n) is 18.2. The highest BCUT2D eigenvalue weighted by Crippen LogP contribution is 2.33. The third-order valence-electron chi connectivity index (χ3n) is 6.43. The molecular weight excluding hydrogens is 378 g/mol.